The molecule has 1 aliphatic heterocycles. The van der Waals surface area contributed by atoms with Gasteiger partial charge >= 0.3 is 6.18 Å². The highest BCUT2D eigenvalue weighted by atomic mass is 35.5. The molecule has 1 aliphatic rings. The van der Waals surface area contributed by atoms with Crippen LogP contribution in [0.2, 0.25) is 15.1 Å². The second-order valence-electron chi connectivity index (χ2n) is 7.84. The summed E-state index contributed by atoms with van der Waals surface area (Å²) >= 11 is 18.3. The van der Waals surface area contributed by atoms with Crippen molar-refractivity contribution in [2.45, 2.75) is 12.7 Å². The Kier molecular flexibility index (Phi) is 7.28. The van der Waals surface area contributed by atoms with Crippen LogP contribution in [0.25, 0.3) is 0 Å². The number of benzene rings is 3. The first-order valence-electron chi connectivity index (χ1n) is 10.3. The highest BCUT2D eigenvalue weighted by molar-refractivity contribution is 6.37. The Morgan fingerprint density at radius 1 is 0.943 bits per heavy atom. The number of halogens is 6. The fourth-order valence-corrected chi connectivity index (χ4v) is 4.30. The molecule has 4 rings (SSSR count). The van der Waals surface area contributed by atoms with Crippen LogP contribution < -0.4 is 10.3 Å². The molecule has 1 fully saturated rings. The molecule has 11 heteroatoms. The van der Waals surface area contributed by atoms with E-state index in [1.165, 1.54) is 11.1 Å². The lowest BCUT2D eigenvalue weighted by molar-refractivity contribution is -0.137. The predicted octanol–water partition coefficient (Wildman–Crippen LogP) is 6.68. The van der Waals surface area contributed by atoms with Crippen molar-refractivity contribution in [3.8, 4) is 0 Å². The first kappa shape index (κ1) is 25.3. The summed E-state index contributed by atoms with van der Waals surface area (Å²) in [5.74, 6) is -2.31. The zero-order valence-electron chi connectivity index (χ0n) is 17.8. The number of rotatable bonds is 5. The quantitative estimate of drug-likeness (QED) is 0.366. The number of hydrogen-bond donors (Lipinski definition) is 1. The molecule has 2 amide bonds. The topological polar surface area (TPSA) is 52.7 Å². The minimum absolute atomic E-state index is 0.0207. The molecular weight excluding hydrogens is 526 g/mol. The summed E-state index contributed by atoms with van der Waals surface area (Å²) in [6, 6.07) is 15.7. The van der Waals surface area contributed by atoms with Crippen LogP contribution in [0.15, 0.2) is 66.7 Å². The van der Waals surface area contributed by atoms with Crippen LogP contribution in [0.1, 0.15) is 11.1 Å². The van der Waals surface area contributed by atoms with Gasteiger partial charge < -0.3 is 5.32 Å². The van der Waals surface area contributed by atoms with Crippen LogP contribution in [0.5, 0.6) is 0 Å². The summed E-state index contributed by atoms with van der Waals surface area (Å²) in [5.41, 5.74) is 0.481. The summed E-state index contributed by atoms with van der Waals surface area (Å²) < 4.78 is 38.4. The first-order chi connectivity index (χ1) is 16.5. The number of nitrogens with zero attached hydrogens (tertiary/aromatic N) is 2. The fraction of sp³-hybridized carbons (Fsp3) is 0.167. The van der Waals surface area contributed by atoms with Crippen molar-refractivity contribution in [1.29, 1.82) is 0 Å². The molecule has 1 unspecified atom stereocenters. The van der Waals surface area contributed by atoms with Crippen LogP contribution in [0.4, 0.5) is 24.5 Å². The molecule has 0 aromatic heterocycles. The standard InChI is InChI=1S/C24H17Cl3F3N3O2/c25-16-5-1-14(2-6-16)12-32-13-19(23(35)33(32)21-10-7-17(26)11-20(21)27)22(34)31-18-8-3-15(4-9-18)24(28,29)30/h1-11,19H,12-13H2,(H,31,34). The van der Waals surface area contributed by atoms with E-state index in [1.807, 2.05) is 0 Å². The van der Waals surface area contributed by atoms with Gasteiger partial charge in [0.1, 0.15) is 5.92 Å². The number of amides is 2. The lowest BCUT2D eigenvalue weighted by Crippen LogP contribution is -2.39. The molecule has 0 saturated carbocycles. The summed E-state index contributed by atoms with van der Waals surface area (Å²) in [5, 5.41) is 6.67. The average molecular weight is 543 g/mol. The van der Waals surface area contributed by atoms with Crippen LogP contribution in [0.3, 0.4) is 0 Å². The lowest BCUT2D eigenvalue weighted by atomic mass is 10.1. The van der Waals surface area contributed by atoms with E-state index >= 15 is 0 Å². The van der Waals surface area contributed by atoms with Gasteiger partial charge in [-0.1, -0.05) is 46.9 Å². The number of carbonyl (C=O) groups is 2. The van der Waals surface area contributed by atoms with E-state index in [-0.39, 0.29) is 23.8 Å². The number of carbonyl (C=O) groups excluding carboxylic acids is 2. The maximum Gasteiger partial charge on any atom is 0.416 e. The van der Waals surface area contributed by atoms with Crippen molar-refractivity contribution in [1.82, 2.24) is 5.01 Å². The third-order valence-corrected chi connectivity index (χ3v) is 6.19. The predicted molar refractivity (Wildman–Crippen MR) is 129 cm³/mol. The second kappa shape index (κ2) is 10.1. The molecule has 0 bridgehead atoms. The van der Waals surface area contributed by atoms with Gasteiger partial charge in [0.2, 0.25) is 5.91 Å². The Bertz CT molecular complexity index is 1250. The molecule has 0 spiro atoms. The van der Waals surface area contributed by atoms with Gasteiger partial charge in [-0.15, -0.1) is 0 Å². The molecule has 0 aliphatic carbocycles. The fourth-order valence-electron chi connectivity index (χ4n) is 3.68. The monoisotopic (exact) mass is 541 g/mol. The number of hydrogen-bond acceptors (Lipinski definition) is 3. The van der Waals surface area contributed by atoms with Gasteiger partial charge in [-0.2, -0.15) is 13.2 Å². The van der Waals surface area contributed by atoms with E-state index in [1.54, 1.807) is 41.4 Å². The molecule has 1 saturated heterocycles. The van der Waals surface area contributed by atoms with Gasteiger partial charge in [0.25, 0.3) is 5.91 Å². The molecule has 35 heavy (non-hydrogen) atoms. The van der Waals surface area contributed by atoms with Gasteiger partial charge in [0.15, 0.2) is 0 Å². The number of alkyl halides is 3. The molecular formula is C24H17Cl3F3N3O2. The normalized spacial score (nSPS) is 16.6. The van der Waals surface area contributed by atoms with Gasteiger partial charge in [0, 0.05) is 28.8 Å². The average Bonchev–Trinajstić information content (AvgIpc) is 3.11. The Labute approximate surface area is 213 Å². The minimum atomic E-state index is -4.50. The highest BCUT2D eigenvalue weighted by Crippen LogP contribution is 2.35. The Balaban J connectivity index is 1.59. The molecule has 1 heterocycles. The van der Waals surface area contributed by atoms with Crippen molar-refractivity contribution >= 4 is 58.0 Å². The van der Waals surface area contributed by atoms with E-state index in [0.717, 1.165) is 29.8 Å². The maximum absolute atomic E-state index is 13.4. The van der Waals surface area contributed by atoms with E-state index in [0.29, 0.717) is 15.7 Å². The summed E-state index contributed by atoms with van der Waals surface area (Å²) in [6.07, 6.45) is -4.50. The SMILES string of the molecule is O=C(Nc1ccc(C(F)(F)F)cc1)C1CN(Cc2ccc(Cl)cc2)N(c2ccc(Cl)cc2Cl)C1=O. The molecule has 0 radical (unpaired) electrons. The zero-order chi connectivity index (χ0) is 25.3. The minimum Gasteiger partial charge on any atom is -0.325 e. The third kappa shape index (κ3) is 5.73. The van der Waals surface area contributed by atoms with Crippen molar-refractivity contribution in [2.75, 3.05) is 16.9 Å². The lowest BCUT2D eigenvalue weighted by Gasteiger charge is -2.28. The number of anilines is 2. The number of nitrogens with one attached hydrogen (secondary N) is 1. The zero-order valence-corrected chi connectivity index (χ0v) is 20.1. The number of hydrazine groups is 1. The molecule has 182 valence electrons. The summed E-state index contributed by atoms with van der Waals surface area (Å²) in [4.78, 5) is 26.4. The van der Waals surface area contributed by atoms with Crippen LogP contribution in [-0.4, -0.2) is 23.4 Å². The van der Waals surface area contributed by atoms with E-state index in [2.05, 4.69) is 5.32 Å². The first-order valence-corrected chi connectivity index (χ1v) is 11.4. The molecule has 3 aromatic carbocycles. The summed E-state index contributed by atoms with van der Waals surface area (Å²) in [7, 11) is 0. The van der Waals surface area contributed by atoms with Crippen LogP contribution in [-0.2, 0) is 22.3 Å². The van der Waals surface area contributed by atoms with Crippen LogP contribution >= 0.6 is 34.8 Å². The van der Waals surface area contributed by atoms with Crippen LogP contribution in [0, 0.1) is 5.92 Å². The molecule has 1 atom stereocenters. The van der Waals surface area contributed by atoms with E-state index < -0.39 is 29.5 Å². The smallest absolute Gasteiger partial charge is 0.325 e. The highest BCUT2D eigenvalue weighted by Gasteiger charge is 2.44. The Morgan fingerprint density at radius 3 is 2.17 bits per heavy atom. The van der Waals surface area contributed by atoms with Gasteiger partial charge in [0.05, 0.1) is 16.3 Å². The molecule has 1 N–H and O–H groups in total. The Hall–Kier alpha value is -2.78. The van der Waals surface area contributed by atoms with Gasteiger partial charge in [-0.25, -0.2) is 10.0 Å². The second-order valence-corrected chi connectivity index (χ2v) is 9.12. The molecule has 3 aromatic rings. The Morgan fingerprint density at radius 2 is 1.57 bits per heavy atom. The molecule has 5 nitrogen and oxygen atoms in total. The van der Waals surface area contributed by atoms with Gasteiger partial charge in [-0.3, -0.25) is 9.59 Å². The maximum atomic E-state index is 13.4. The summed E-state index contributed by atoms with van der Waals surface area (Å²) in [6.45, 7) is 0.290. The van der Waals surface area contributed by atoms with Crippen molar-refractivity contribution in [3.05, 3.63) is 92.9 Å². The van der Waals surface area contributed by atoms with E-state index in [4.69, 9.17) is 34.8 Å². The van der Waals surface area contributed by atoms with Crippen molar-refractivity contribution in [2.24, 2.45) is 5.92 Å². The van der Waals surface area contributed by atoms with Crippen molar-refractivity contribution < 1.29 is 22.8 Å². The van der Waals surface area contributed by atoms with Gasteiger partial charge in [-0.05, 0) is 60.2 Å². The largest absolute Gasteiger partial charge is 0.416 e. The third-order valence-electron chi connectivity index (χ3n) is 5.40. The van der Waals surface area contributed by atoms with E-state index in [9.17, 15) is 22.8 Å². The van der Waals surface area contributed by atoms with Crippen molar-refractivity contribution in [3.63, 3.8) is 0 Å².